The largest absolute Gasteiger partial charge is 0.496 e. The van der Waals surface area contributed by atoms with Gasteiger partial charge in [-0.05, 0) is 54.0 Å². The average molecular weight is 483 g/mol. The number of ether oxygens (including phenoxy) is 1. The highest BCUT2D eigenvalue weighted by atomic mass is 19.4. The summed E-state index contributed by atoms with van der Waals surface area (Å²) in [5, 5.41) is 0.742. The molecule has 0 fully saturated rings. The van der Waals surface area contributed by atoms with E-state index in [1.165, 1.54) is 31.8 Å². The Hall–Kier alpha value is -3.79. The quantitative estimate of drug-likeness (QED) is 0.381. The van der Waals surface area contributed by atoms with Gasteiger partial charge >= 0.3 is 6.18 Å². The molecule has 4 heterocycles. The van der Waals surface area contributed by atoms with Gasteiger partial charge in [-0.25, -0.2) is 14.4 Å². The number of fused-ring (bicyclic) bond motifs is 1. The Morgan fingerprint density at radius 2 is 1.94 bits per heavy atom. The predicted molar refractivity (Wildman–Crippen MR) is 123 cm³/mol. The number of nitrogens with one attached hydrogen (secondary N) is 1. The number of hydrogen-bond donors (Lipinski definition) is 1. The maximum atomic E-state index is 14.0. The summed E-state index contributed by atoms with van der Waals surface area (Å²) >= 11 is 0. The third-order valence-electron chi connectivity index (χ3n) is 6.00. The predicted octanol–water partition coefficient (Wildman–Crippen LogP) is 5.48. The van der Waals surface area contributed by atoms with Crippen molar-refractivity contribution < 1.29 is 22.3 Å². The molecule has 0 bridgehead atoms. The van der Waals surface area contributed by atoms with Crippen molar-refractivity contribution in [3.05, 3.63) is 77.8 Å². The number of hydrogen-bond acceptors (Lipinski definition) is 5. The topological polar surface area (TPSA) is 66.9 Å². The molecule has 0 spiro atoms. The van der Waals surface area contributed by atoms with Crippen LogP contribution < -0.4 is 4.74 Å². The molecule has 0 radical (unpaired) electrons. The molecule has 0 unspecified atom stereocenters. The van der Waals surface area contributed by atoms with Crippen LogP contribution in [0.1, 0.15) is 23.4 Å². The number of methoxy groups -OCH3 is 1. The van der Waals surface area contributed by atoms with Gasteiger partial charge in [-0.3, -0.25) is 9.88 Å². The molecule has 1 aliphatic heterocycles. The van der Waals surface area contributed by atoms with Crippen molar-refractivity contribution >= 4 is 16.6 Å². The van der Waals surface area contributed by atoms with Gasteiger partial charge in [0.25, 0.3) is 0 Å². The van der Waals surface area contributed by atoms with Crippen molar-refractivity contribution in [2.75, 3.05) is 20.2 Å². The number of rotatable bonds is 5. The van der Waals surface area contributed by atoms with Crippen LogP contribution in [0.25, 0.3) is 27.9 Å². The summed E-state index contributed by atoms with van der Waals surface area (Å²) in [6.45, 7) is 1.67. The van der Waals surface area contributed by atoms with E-state index in [2.05, 4.69) is 30.9 Å². The molecule has 0 saturated carbocycles. The first-order valence-electron chi connectivity index (χ1n) is 10.9. The van der Waals surface area contributed by atoms with E-state index in [1.807, 2.05) is 6.07 Å². The molecule has 0 amide bonds. The van der Waals surface area contributed by atoms with E-state index in [1.54, 1.807) is 12.1 Å². The van der Waals surface area contributed by atoms with Gasteiger partial charge < -0.3 is 9.72 Å². The lowest BCUT2D eigenvalue weighted by atomic mass is 10.0. The lowest BCUT2D eigenvalue weighted by Crippen LogP contribution is -2.28. The molecule has 35 heavy (non-hydrogen) atoms. The van der Waals surface area contributed by atoms with Crippen LogP contribution in [-0.2, 0) is 12.7 Å². The molecule has 6 nitrogen and oxygen atoms in total. The molecule has 0 atom stereocenters. The second kappa shape index (κ2) is 9.10. The summed E-state index contributed by atoms with van der Waals surface area (Å²) in [5.74, 6) is 0.112. The van der Waals surface area contributed by atoms with Crippen LogP contribution in [-0.4, -0.2) is 45.0 Å². The number of halogens is 4. The van der Waals surface area contributed by atoms with E-state index in [4.69, 9.17) is 4.74 Å². The van der Waals surface area contributed by atoms with E-state index in [-0.39, 0.29) is 0 Å². The molecule has 0 saturated heterocycles. The van der Waals surface area contributed by atoms with E-state index in [0.29, 0.717) is 54.3 Å². The van der Waals surface area contributed by atoms with E-state index < -0.39 is 17.7 Å². The second-order valence-corrected chi connectivity index (χ2v) is 8.27. The highest BCUT2D eigenvalue weighted by Crippen LogP contribution is 2.35. The Bertz CT molecular complexity index is 1410. The number of benzene rings is 1. The normalized spacial score (nSPS) is 14.8. The van der Waals surface area contributed by atoms with Crippen LogP contribution in [0.5, 0.6) is 5.75 Å². The standard InChI is InChI=1S/C25H21F4N5O/c1-35-21-3-2-17(26)11-18(21)23-19-12-20(33-24(19)32-14-31-23)16-5-8-34(9-6-16)13-15-4-7-30-22(10-15)25(27,28)29/h2-5,7,10-12,14H,6,8-9,13H2,1H3,(H,31,32,33). The van der Waals surface area contributed by atoms with Gasteiger partial charge in [0.1, 0.15) is 29.2 Å². The lowest BCUT2D eigenvalue weighted by Gasteiger charge is -2.26. The Morgan fingerprint density at radius 3 is 2.69 bits per heavy atom. The van der Waals surface area contributed by atoms with Crippen LogP contribution in [0.15, 0.2) is 55.0 Å². The molecule has 180 valence electrons. The Morgan fingerprint density at radius 1 is 1.09 bits per heavy atom. The molecular weight excluding hydrogens is 462 g/mol. The Kier molecular flexibility index (Phi) is 5.98. The highest BCUT2D eigenvalue weighted by Gasteiger charge is 2.32. The minimum atomic E-state index is -4.46. The van der Waals surface area contributed by atoms with Crippen LogP contribution in [0.4, 0.5) is 17.6 Å². The van der Waals surface area contributed by atoms with Gasteiger partial charge in [-0.1, -0.05) is 6.08 Å². The van der Waals surface area contributed by atoms with Crippen LogP contribution in [0.2, 0.25) is 0 Å². The first-order chi connectivity index (χ1) is 16.8. The van der Waals surface area contributed by atoms with E-state index >= 15 is 0 Å². The van der Waals surface area contributed by atoms with Crippen molar-refractivity contribution in [1.82, 2.24) is 24.8 Å². The van der Waals surface area contributed by atoms with E-state index in [9.17, 15) is 17.6 Å². The molecule has 1 aliphatic rings. The summed E-state index contributed by atoms with van der Waals surface area (Å²) in [7, 11) is 1.52. The Balaban J connectivity index is 1.38. The Labute approximate surface area is 198 Å². The lowest BCUT2D eigenvalue weighted by molar-refractivity contribution is -0.141. The third-order valence-corrected chi connectivity index (χ3v) is 6.00. The number of H-pyrrole nitrogens is 1. The summed E-state index contributed by atoms with van der Waals surface area (Å²) in [6.07, 6.45) is 0.910. The molecule has 4 aromatic rings. The number of alkyl halides is 3. The van der Waals surface area contributed by atoms with E-state index in [0.717, 1.165) is 22.7 Å². The van der Waals surface area contributed by atoms with Gasteiger partial charge in [0.05, 0.1) is 12.8 Å². The van der Waals surface area contributed by atoms with Gasteiger partial charge in [0.15, 0.2) is 0 Å². The van der Waals surface area contributed by atoms with Crippen molar-refractivity contribution in [3.8, 4) is 17.0 Å². The first kappa shape index (κ1) is 23.0. The number of nitrogens with zero attached hydrogens (tertiary/aromatic N) is 4. The van der Waals surface area contributed by atoms with Crippen LogP contribution in [0, 0.1) is 5.82 Å². The van der Waals surface area contributed by atoms with Gasteiger partial charge in [-0.2, -0.15) is 13.2 Å². The molecule has 1 aromatic carbocycles. The fraction of sp³-hybridized carbons (Fsp3) is 0.240. The first-order valence-corrected chi connectivity index (χ1v) is 10.9. The summed E-state index contributed by atoms with van der Waals surface area (Å²) in [4.78, 5) is 17.5. The zero-order valence-corrected chi connectivity index (χ0v) is 18.7. The second-order valence-electron chi connectivity index (χ2n) is 8.27. The zero-order chi connectivity index (χ0) is 24.6. The number of aromatic amines is 1. The number of aromatic nitrogens is 4. The monoisotopic (exact) mass is 483 g/mol. The maximum absolute atomic E-state index is 14.0. The molecule has 1 N–H and O–H groups in total. The molecule has 3 aromatic heterocycles. The minimum Gasteiger partial charge on any atom is -0.496 e. The average Bonchev–Trinajstić information content (AvgIpc) is 3.29. The maximum Gasteiger partial charge on any atom is 0.433 e. The van der Waals surface area contributed by atoms with Crippen molar-refractivity contribution in [1.29, 1.82) is 0 Å². The fourth-order valence-corrected chi connectivity index (χ4v) is 4.28. The summed E-state index contributed by atoms with van der Waals surface area (Å²) < 4.78 is 58.2. The third kappa shape index (κ3) is 4.74. The highest BCUT2D eigenvalue weighted by molar-refractivity contribution is 5.94. The van der Waals surface area contributed by atoms with Gasteiger partial charge in [0, 0.05) is 42.5 Å². The van der Waals surface area contributed by atoms with Crippen LogP contribution in [0.3, 0.4) is 0 Å². The summed E-state index contributed by atoms with van der Waals surface area (Å²) in [6, 6.07) is 8.91. The van der Waals surface area contributed by atoms with Crippen molar-refractivity contribution in [2.45, 2.75) is 19.1 Å². The molecule has 5 rings (SSSR count). The zero-order valence-electron chi connectivity index (χ0n) is 18.7. The van der Waals surface area contributed by atoms with Crippen molar-refractivity contribution in [2.24, 2.45) is 0 Å². The van der Waals surface area contributed by atoms with Gasteiger partial charge in [-0.15, -0.1) is 0 Å². The van der Waals surface area contributed by atoms with Gasteiger partial charge in [0.2, 0.25) is 0 Å². The molecule has 10 heteroatoms. The SMILES string of the molecule is COc1ccc(F)cc1-c1ncnc2[nH]c(C3=CCN(Cc4ccnc(C(F)(F)F)c4)CC3)cc12. The fourth-order valence-electron chi connectivity index (χ4n) is 4.28. The minimum absolute atomic E-state index is 0.394. The smallest absolute Gasteiger partial charge is 0.433 e. The number of pyridine rings is 1. The summed E-state index contributed by atoms with van der Waals surface area (Å²) in [5.41, 5.74) is 3.35. The molecular formula is C25H21F4N5O. The van der Waals surface area contributed by atoms with Crippen molar-refractivity contribution in [3.63, 3.8) is 0 Å². The molecule has 0 aliphatic carbocycles. The van der Waals surface area contributed by atoms with Crippen LogP contribution >= 0.6 is 0 Å².